The molecule has 0 amide bonds. The molecule has 0 unspecified atom stereocenters. The highest BCUT2D eigenvalue weighted by molar-refractivity contribution is 6.28. The molecule has 0 saturated heterocycles. The number of anilines is 1. The summed E-state index contributed by atoms with van der Waals surface area (Å²) in [5.74, 6) is 0.904. The summed E-state index contributed by atoms with van der Waals surface area (Å²) in [5.41, 5.74) is 0.905. The van der Waals surface area contributed by atoms with Crippen LogP contribution in [0.3, 0.4) is 0 Å². The normalized spacial score (nSPS) is 10.8. The van der Waals surface area contributed by atoms with E-state index in [1.165, 1.54) is 0 Å². The van der Waals surface area contributed by atoms with Crippen LogP contribution >= 0.6 is 11.6 Å². The van der Waals surface area contributed by atoms with Gasteiger partial charge in [0.2, 0.25) is 5.28 Å². The van der Waals surface area contributed by atoms with E-state index in [2.05, 4.69) is 35.8 Å². The van der Waals surface area contributed by atoms with Gasteiger partial charge in [-0.05, 0) is 31.4 Å². The van der Waals surface area contributed by atoms with Gasteiger partial charge in [0.05, 0.1) is 0 Å². The molecule has 0 atom stereocenters. The van der Waals surface area contributed by atoms with Gasteiger partial charge in [-0.15, -0.1) is 0 Å². The minimum Gasteiger partial charge on any atom is -0.357 e. The molecule has 0 aromatic carbocycles. The van der Waals surface area contributed by atoms with E-state index in [-0.39, 0.29) is 0 Å². The van der Waals surface area contributed by atoms with Gasteiger partial charge in [-0.25, -0.2) is 9.97 Å². The number of nitrogens with zero attached hydrogens (tertiary/aromatic N) is 3. The molecule has 0 aliphatic heterocycles. The van der Waals surface area contributed by atoms with Crippen molar-refractivity contribution in [3.63, 3.8) is 0 Å². The maximum Gasteiger partial charge on any atom is 0.224 e. The van der Waals surface area contributed by atoms with Crippen molar-refractivity contribution in [1.29, 1.82) is 0 Å². The first-order valence-corrected chi connectivity index (χ1v) is 5.70. The van der Waals surface area contributed by atoms with Crippen LogP contribution in [0, 0.1) is 6.92 Å². The molecule has 0 bridgehead atoms. The number of hydrogen-bond acceptors (Lipinski definition) is 3. The summed E-state index contributed by atoms with van der Waals surface area (Å²) in [7, 11) is 2.05. The van der Waals surface area contributed by atoms with Crippen LogP contribution in [0.4, 0.5) is 5.82 Å². The third kappa shape index (κ3) is 3.06. The van der Waals surface area contributed by atoms with Crippen LogP contribution < -0.4 is 4.90 Å². The summed E-state index contributed by atoms with van der Waals surface area (Å²) in [6.45, 7) is 6.29. The summed E-state index contributed by atoms with van der Waals surface area (Å²) in [6.07, 6.45) is 2.21. The van der Waals surface area contributed by atoms with E-state index in [4.69, 9.17) is 11.6 Å². The largest absolute Gasteiger partial charge is 0.357 e. The summed E-state index contributed by atoms with van der Waals surface area (Å²) in [4.78, 5) is 10.5. The molecule has 15 heavy (non-hydrogen) atoms. The predicted molar refractivity (Wildman–Crippen MR) is 64.6 cm³/mol. The molecule has 0 N–H and O–H groups in total. The molecule has 1 aromatic rings. The Balaban J connectivity index is 2.94. The second-order valence-corrected chi connectivity index (χ2v) is 4.06. The highest BCUT2D eigenvalue weighted by Crippen LogP contribution is 2.18. The fourth-order valence-electron chi connectivity index (χ4n) is 1.72. The third-order valence-electron chi connectivity index (χ3n) is 2.66. The molecular formula is C11H18ClN3. The number of aryl methyl sites for hydroxylation is 1. The van der Waals surface area contributed by atoms with Crippen molar-refractivity contribution in [2.45, 2.75) is 39.7 Å². The lowest BCUT2D eigenvalue weighted by molar-refractivity contribution is 0.586. The summed E-state index contributed by atoms with van der Waals surface area (Å²) in [6, 6.07) is 2.47. The monoisotopic (exact) mass is 227 g/mol. The molecule has 4 heteroatoms. The van der Waals surface area contributed by atoms with Crippen molar-refractivity contribution < 1.29 is 0 Å². The minimum absolute atomic E-state index is 0.322. The second kappa shape index (κ2) is 5.31. The Morgan fingerprint density at radius 3 is 2.40 bits per heavy atom. The van der Waals surface area contributed by atoms with E-state index >= 15 is 0 Å². The van der Waals surface area contributed by atoms with Crippen LogP contribution in [-0.2, 0) is 0 Å². The molecular weight excluding hydrogens is 210 g/mol. The molecule has 0 aliphatic carbocycles. The highest BCUT2D eigenvalue weighted by atomic mass is 35.5. The first-order chi connectivity index (χ1) is 7.08. The maximum absolute atomic E-state index is 5.84. The zero-order valence-electron chi connectivity index (χ0n) is 9.79. The number of hydrogen-bond donors (Lipinski definition) is 0. The molecule has 0 aliphatic rings. The van der Waals surface area contributed by atoms with E-state index in [1.54, 1.807) is 0 Å². The Bertz CT molecular complexity index is 303. The molecule has 0 spiro atoms. The number of halogens is 1. The third-order valence-corrected chi connectivity index (χ3v) is 2.83. The maximum atomic E-state index is 5.84. The molecule has 0 fully saturated rings. The van der Waals surface area contributed by atoms with Gasteiger partial charge in [-0.2, -0.15) is 0 Å². The van der Waals surface area contributed by atoms with Crippen LogP contribution in [0.15, 0.2) is 6.07 Å². The zero-order chi connectivity index (χ0) is 11.4. The Hall–Kier alpha value is -0.830. The van der Waals surface area contributed by atoms with Crippen LogP contribution in [0.1, 0.15) is 32.4 Å². The van der Waals surface area contributed by atoms with Gasteiger partial charge in [0.15, 0.2) is 0 Å². The average Bonchev–Trinajstić information content (AvgIpc) is 2.18. The lowest BCUT2D eigenvalue weighted by atomic mass is 10.1. The van der Waals surface area contributed by atoms with Crippen molar-refractivity contribution in [2.75, 3.05) is 11.9 Å². The first kappa shape index (κ1) is 12.2. The van der Waals surface area contributed by atoms with Gasteiger partial charge in [0, 0.05) is 24.8 Å². The van der Waals surface area contributed by atoms with E-state index in [0.717, 1.165) is 24.4 Å². The highest BCUT2D eigenvalue weighted by Gasteiger charge is 2.13. The van der Waals surface area contributed by atoms with Crippen LogP contribution in [-0.4, -0.2) is 23.1 Å². The van der Waals surface area contributed by atoms with Crippen LogP contribution in [0.25, 0.3) is 0 Å². The van der Waals surface area contributed by atoms with E-state index in [9.17, 15) is 0 Å². The molecule has 84 valence electrons. The average molecular weight is 228 g/mol. The smallest absolute Gasteiger partial charge is 0.224 e. The van der Waals surface area contributed by atoms with Gasteiger partial charge in [0.1, 0.15) is 5.82 Å². The van der Waals surface area contributed by atoms with Gasteiger partial charge in [-0.3, -0.25) is 0 Å². The molecule has 3 nitrogen and oxygen atoms in total. The lowest BCUT2D eigenvalue weighted by Gasteiger charge is -2.27. The molecule has 0 saturated carbocycles. The molecule has 1 heterocycles. The van der Waals surface area contributed by atoms with Gasteiger partial charge < -0.3 is 4.90 Å². The fraction of sp³-hybridized carbons (Fsp3) is 0.636. The van der Waals surface area contributed by atoms with Crippen LogP contribution in [0.5, 0.6) is 0 Å². The van der Waals surface area contributed by atoms with E-state index in [0.29, 0.717) is 11.3 Å². The Labute approximate surface area is 96.5 Å². The molecule has 1 aromatic heterocycles. The Kier molecular flexibility index (Phi) is 4.33. The summed E-state index contributed by atoms with van der Waals surface area (Å²) in [5, 5.41) is 0.322. The lowest BCUT2D eigenvalue weighted by Crippen LogP contribution is -2.31. The topological polar surface area (TPSA) is 29.0 Å². The summed E-state index contributed by atoms with van der Waals surface area (Å²) >= 11 is 5.84. The van der Waals surface area contributed by atoms with Crippen molar-refractivity contribution in [1.82, 2.24) is 9.97 Å². The van der Waals surface area contributed by atoms with E-state index in [1.807, 2.05) is 13.0 Å². The van der Waals surface area contributed by atoms with Crippen molar-refractivity contribution in [3.05, 3.63) is 17.0 Å². The van der Waals surface area contributed by atoms with Crippen molar-refractivity contribution in [3.8, 4) is 0 Å². The Morgan fingerprint density at radius 1 is 1.33 bits per heavy atom. The number of rotatable bonds is 4. The van der Waals surface area contributed by atoms with Gasteiger partial charge >= 0.3 is 0 Å². The molecule has 0 radical (unpaired) electrons. The van der Waals surface area contributed by atoms with Crippen molar-refractivity contribution in [2.24, 2.45) is 0 Å². The Morgan fingerprint density at radius 2 is 1.93 bits per heavy atom. The van der Waals surface area contributed by atoms with Crippen LogP contribution in [0.2, 0.25) is 5.28 Å². The molecule has 1 rings (SSSR count). The minimum atomic E-state index is 0.322. The fourth-order valence-corrected chi connectivity index (χ4v) is 1.94. The first-order valence-electron chi connectivity index (χ1n) is 5.32. The summed E-state index contributed by atoms with van der Waals surface area (Å²) < 4.78 is 0. The SMILES string of the molecule is CCC(CC)N(C)c1cc(C)nc(Cl)n1. The second-order valence-electron chi connectivity index (χ2n) is 3.72. The predicted octanol–water partition coefficient (Wildman–Crippen LogP) is 3.06. The zero-order valence-corrected chi connectivity index (χ0v) is 10.5. The standard InChI is InChI=1S/C11H18ClN3/c1-5-9(6-2)15(4)10-7-8(3)13-11(12)14-10/h7,9H,5-6H2,1-4H3. The van der Waals surface area contributed by atoms with Crippen molar-refractivity contribution >= 4 is 17.4 Å². The van der Waals surface area contributed by atoms with E-state index < -0.39 is 0 Å². The van der Waals surface area contributed by atoms with Gasteiger partial charge in [-0.1, -0.05) is 13.8 Å². The number of aromatic nitrogens is 2. The van der Waals surface area contributed by atoms with Gasteiger partial charge in [0.25, 0.3) is 0 Å². The quantitative estimate of drug-likeness (QED) is 0.741.